The van der Waals surface area contributed by atoms with Crippen molar-refractivity contribution in [3.8, 4) is 17.2 Å². The molecule has 5 aromatic rings. The second kappa shape index (κ2) is 11.2. The number of halogens is 2. The number of nitrogens with zero attached hydrogens (tertiary/aromatic N) is 7. The number of hydrogen-bond donors (Lipinski definition) is 1. The number of pyridine rings is 1. The Kier molecular flexibility index (Phi) is 7.27. The largest absolute Gasteiger partial charge is 0.378 e. The van der Waals surface area contributed by atoms with Gasteiger partial charge in [0.2, 0.25) is 17.8 Å². The Balaban J connectivity index is 1.40. The molecule has 0 bridgehead atoms. The number of alkyl halides is 2. The first-order valence-electron chi connectivity index (χ1n) is 13.5. The third-order valence-corrected chi connectivity index (χ3v) is 6.93. The number of hydrogen-bond acceptors (Lipinski definition) is 8. The van der Waals surface area contributed by atoms with Crippen LogP contribution in [0.4, 0.5) is 20.7 Å². The van der Waals surface area contributed by atoms with Crippen LogP contribution in [0.2, 0.25) is 0 Å². The molecule has 11 heteroatoms. The zero-order valence-electron chi connectivity index (χ0n) is 22.8. The minimum Gasteiger partial charge on any atom is -0.378 e. The van der Waals surface area contributed by atoms with Crippen molar-refractivity contribution in [2.45, 2.75) is 32.2 Å². The van der Waals surface area contributed by atoms with Crippen LogP contribution in [-0.4, -0.2) is 61.3 Å². The molecule has 4 heterocycles. The highest BCUT2D eigenvalue weighted by molar-refractivity contribution is 5.77. The number of nitrogens with one attached hydrogen (secondary N) is 1. The molecule has 2 aromatic carbocycles. The monoisotopic (exact) mass is 556 g/mol. The maximum atomic E-state index is 14.2. The van der Waals surface area contributed by atoms with Crippen molar-refractivity contribution in [1.29, 1.82) is 0 Å². The molecule has 3 aromatic heterocycles. The van der Waals surface area contributed by atoms with Gasteiger partial charge in [0, 0.05) is 30.4 Å². The lowest BCUT2D eigenvalue weighted by Crippen LogP contribution is -2.39. The van der Waals surface area contributed by atoms with Gasteiger partial charge in [-0.15, -0.1) is 0 Å². The summed E-state index contributed by atoms with van der Waals surface area (Å²) in [7, 11) is 0. The highest BCUT2D eigenvalue weighted by Gasteiger charge is 2.27. The van der Waals surface area contributed by atoms with Crippen LogP contribution in [0.1, 0.15) is 31.7 Å². The van der Waals surface area contributed by atoms with Crippen LogP contribution in [0.15, 0.2) is 72.9 Å². The van der Waals surface area contributed by atoms with Crippen LogP contribution in [0.5, 0.6) is 0 Å². The molecule has 0 unspecified atom stereocenters. The van der Waals surface area contributed by atoms with Crippen LogP contribution < -0.4 is 10.2 Å². The molecule has 6 rings (SSSR count). The number of para-hydroxylation sites is 2. The number of morpholine rings is 1. The van der Waals surface area contributed by atoms with Crippen molar-refractivity contribution in [2.24, 2.45) is 0 Å². The van der Waals surface area contributed by atoms with E-state index < -0.39 is 17.8 Å². The van der Waals surface area contributed by atoms with E-state index in [9.17, 15) is 8.78 Å². The molecule has 0 aliphatic carbocycles. The quantitative estimate of drug-likeness (QED) is 0.269. The van der Waals surface area contributed by atoms with Crippen molar-refractivity contribution >= 4 is 22.9 Å². The van der Waals surface area contributed by atoms with Crippen molar-refractivity contribution in [2.75, 3.05) is 36.5 Å². The highest BCUT2D eigenvalue weighted by atomic mass is 19.3. The summed E-state index contributed by atoms with van der Waals surface area (Å²) in [5.74, 6) is 0.343. The lowest BCUT2D eigenvalue weighted by atomic mass is 9.91. The van der Waals surface area contributed by atoms with E-state index in [0.29, 0.717) is 49.7 Å². The molecule has 0 spiro atoms. The fraction of sp³-hybridized carbons (Fsp3) is 0.300. The van der Waals surface area contributed by atoms with Gasteiger partial charge in [0.25, 0.3) is 6.43 Å². The van der Waals surface area contributed by atoms with Gasteiger partial charge in [-0.1, -0.05) is 42.5 Å². The summed E-state index contributed by atoms with van der Waals surface area (Å²) in [6, 6.07) is 21.0. The van der Waals surface area contributed by atoms with Gasteiger partial charge in [-0.05, 0) is 50.1 Å². The number of rotatable bonds is 8. The summed E-state index contributed by atoms with van der Waals surface area (Å²) in [6.45, 7) is 6.31. The van der Waals surface area contributed by atoms with Crippen LogP contribution in [0, 0.1) is 0 Å². The maximum absolute atomic E-state index is 14.2. The first-order valence-corrected chi connectivity index (χ1v) is 13.5. The lowest BCUT2D eigenvalue weighted by Gasteiger charge is -2.30. The molecule has 1 aliphatic heterocycles. The Hall–Kier alpha value is -4.51. The van der Waals surface area contributed by atoms with Crippen LogP contribution >= 0.6 is 0 Å². The van der Waals surface area contributed by atoms with Crippen LogP contribution in [-0.2, 0) is 11.2 Å². The van der Waals surface area contributed by atoms with E-state index in [4.69, 9.17) is 9.72 Å². The topological polar surface area (TPSA) is 93.9 Å². The van der Waals surface area contributed by atoms with Crippen LogP contribution in [0.3, 0.4) is 0 Å². The Labute approximate surface area is 236 Å². The Morgan fingerprint density at radius 3 is 2.39 bits per heavy atom. The zero-order valence-corrected chi connectivity index (χ0v) is 22.8. The standard InChI is InChI=1S/C30H30F2N8O/c1-30(2,19-20-9-3-4-10-21(20)22-11-7-8-14-33-22)38-27-35-28(39-15-17-41-18-16-39)37-29(36-27)40-24-13-6-5-12-23(24)34-26(40)25(31)32/h3-14,25H,15-19H2,1-2H3,(H,35,36,37,38). The van der Waals surface area contributed by atoms with Crippen LogP contribution in [0.25, 0.3) is 28.2 Å². The maximum Gasteiger partial charge on any atom is 0.296 e. The number of imidazole rings is 1. The average Bonchev–Trinajstić information content (AvgIpc) is 3.38. The summed E-state index contributed by atoms with van der Waals surface area (Å²) < 4.78 is 35.2. The minimum absolute atomic E-state index is 0.0812. The second-order valence-corrected chi connectivity index (χ2v) is 10.5. The van der Waals surface area contributed by atoms with E-state index in [0.717, 1.165) is 16.8 Å². The normalized spacial score (nSPS) is 14.1. The average molecular weight is 557 g/mol. The Bertz CT molecular complexity index is 1650. The molecule has 9 nitrogen and oxygen atoms in total. The van der Waals surface area contributed by atoms with Crippen molar-refractivity contribution in [3.63, 3.8) is 0 Å². The van der Waals surface area contributed by atoms with Gasteiger partial charge in [-0.3, -0.25) is 9.55 Å². The van der Waals surface area contributed by atoms with Crippen molar-refractivity contribution < 1.29 is 13.5 Å². The molecule has 210 valence electrons. The number of aromatic nitrogens is 6. The molecule has 0 saturated carbocycles. The number of fused-ring (bicyclic) bond motifs is 1. The zero-order chi connectivity index (χ0) is 28.4. The first-order chi connectivity index (χ1) is 19.9. The van der Waals surface area contributed by atoms with E-state index in [1.54, 1.807) is 30.5 Å². The van der Waals surface area contributed by atoms with E-state index in [1.807, 2.05) is 35.2 Å². The molecule has 1 N–H and O–H groups in total. The molecule has 0 amide bonds. The van der Waals surface area contributed by atoms with Gasteiger partial charge in [0.1, 0.15) is 0 Å². The number of anilines is 2. The first kappa shape index (κ1) is 26.7. The van der Waals surface area contributed by atoms with Gasteiger partial charge in [-0.25, -0.2) is 13.8 Å². The fourth-order valence-electron chi connectivity index (χ4n) is 5.09. The van der Waals surface area contributed by atoms with Gasteiger partial charge in [0.15, 0.2) is 5.82 Å². The predicted molar refractivity (Wildman–Crippen MR) is 154 cm³/mol. The molecule has 1 aliphatic rings. The number of ether oxygens (including phenoxy) is 1. The summed E-state index contributed by atoms with van der Waals surface area (Å²) in [5, 5.41) is 3.46. The van der Waals surface area contributed by atoms with Gasteiger partial charge in [0.05, 0.1) is 29.9 Å². The molecule has 1 saturated heterocycles. The lowest BCUT2D eigenvalue weighted by molar-refractivity contribution is 0.122. The van der Waals surface area contributed by atoms with Crippen molar-refractivity contribution in [3.05, 3.63) is 84.3 Å². The Morgan fingerprint density at radius 2 is 1.61 bits per heavy atom. The van der Waals surface area contributed by atoms with Gasteiger partial charge >= 0.3 is 0 Å². The summed E-state index contributed by atoms with van der Waals surface area (Å²) in [4.78, 5) is 24.7. The fourth-order valence-corrected chi connectivity index (χ4v) is 5.09. The summed E-state index contributed by atoms with van der Waals surface area (Å²) in [6.07, 6.45) is -0.408. The number of benzene rings is 2. The Morgan fingerprint density at radius 1 is 0.878 bits per heavy atom. The molecular formula is C30H30F2N8O. The summed E-state index contributed by atoms with van der Waals surface area (Å²) in [5.41, 5.74) is 3.46. The van der Waals surface area contributed by atoms with E-state index in [1.165, 1.54) is 4.57 Å². The van der Waals surface area contributed by atoms with Crippen molar-refractivity contribution in [1.82, 2.24) is 29.5 Å². The third-order valence-electron chi connectivity index (χ3n) is 6.93. The smallest absolute Gasteiger partial charge is 0.296 e. The minimum atomic E-state index is -2.82. The molecule has 1 fully saturated rings. The second-order valence-electron chi connectivity index (χ2n) is 10.5. The highest BCUT2D eigenvalue weighted by Crippen LogP contribution is 2.30. The van der Waals surface area contributed by atoms with E-state index in [2.05, 4.69) is 51.2 Å². The summed E-state index contributed by atoms with van der Waals surface area (Å²) >= 11 is 0. The van der Waals surface area contributed by atoms with Gasteiger partial charge in [-0.2, -0.15) is 15.0 Å². The predicted octanol–water partition coefficient (Wildman–Crippen LogP) is 5.48. The van der Waals surface area contributed by atoms with E-state index in [-0.39, 0.29) is 11.9 Å². The SMILES string of the molecule is CC(C)(Cc1ccccc1-c1ccccn1)Nc1nc(N2CCOCC2)nc(-n2c(C(F)F)nc3ccccc32)n1. The third kappa shape index (κ3) is 5.71. The molecule has 41 heavy (non-hydrogen) atoms. The van der Waals surface area contributed by atoms with Gasteiger partial charge < -0.3 is 15.0 Å². The van der Waals surface area contributed by atoms with E-state index >= 15 is 0 Å². The molecule has 0 radical (unpaired) electrons. The molecule has 0 atom stereocenters. The molecular weight excluding hydrogens is 526 g/mol.